The van der Waals surface area contributed by atoms with E-state index in [0.717, 1.165) is 12.2 Å². The molecule has 1 aromatic rings. The highest BCUT2D eigenvalue weighted by molar-refractivity contribution is 4.89. The van der Waals surface area contributed by atoms with Crippen molar-refractivity contribution >= 4 is 0 Å². The predicted octanol–water partition coefficient (Wildman–Crippen LogP) is -0.855. The maximum absolute atomic E-state index is 4.38. The van der Waals surface area contributed by atoms with Crippen molar-refractivity contribution in [1.29, 1.82) is 0 Å². The smallest absolute Gasteiger partial charge is 0.209 e. The molecule has 1 aromatic heterocycles. The monoisotopic (exact) mass is 296 g/mol. The van der Waals surface area contributed by atoms with Crippen molar-refractivity contribution in [3.8, 4) is 0 Å². The van der Waals surface area contributed by atoms with Gasteiger partial charge in [0.15, 0.2) is 6.04 Å². The fourth-order valence-electron chi connectivity index (χ4n) is 3.35. The molecule has 0 unspecified atom stereocenters. The molecule has 2 rings (SSSR count). The average molecular weight is 296 g/mol. The number of hydrogen-bond acceptors (Lipinski definition) is 3. The number of hydrogen-bond donors (Lipinski definition) is 2. The number of nitrogens with one attached hydrogen (secondary N) is 2. The largest absolute Gasteiger partial charge is 0.326 e. The summed E-state index contributed by atoms with van der Waals surface area (Å²) < 4.78 is 2.01. The number of likely N-dealkylation sites (N-methyl/N-ethyl adjacent to an activating group) is 1. The summed E-state index contributed by atoms with van der Waals surface area (Å²) in [7, 11) is 0. The van der Waals surface area contributed by atoms with Crippen molar-refractivity contribution in [2.75, 3.05) is 32.7 Å². The lowest BCUT2D eigenvalue weighted by atomic mass is 10.0. The Kier molecular flexibility index (Phi) is 5.70. The van der Waals surface area contributed by atoms with Crippen LogP contribution < -0.4 is 9.80 Å². The van der Waals surface area contributed by atoms with Crippen LogP contribution in [0.1, 0.15) is 58.9 Å². The first-order valence-electron chi connectivity index (χ1n) is 8.48. The quantitative estimate of drug-likeness (QED) is 0.719. The van der Waals surface area contributed by atoms with Gasteiger partial charge in [-0.1, -0.05) is 13.8 Å². The molecule has 1 fully saturated rings. The van der Waals surface area contributed by atoms with Gasteiger partial charge in [-0.25, -0.2) is 4.68 Å². The number of aromatic nitrogens is 4. The van der Waals surface area contributed by atoms with Crippen LogP contribution in [0.3, 0.4) is 0 Å². The lowest BCUT2D eigenvalue weighted by molar-refractivity contribution is -1.03. The molecule has 0 saturated carbocycles. The first-order valence-corrected chi connectivity index (χ1v) is 8.48. The van der Waals surface area contributed by atoms with Crippen molar-refractivity contribution in [3.05, 3.63) is 5.82 Å². The van der Waals surface area contributed by atoms with E-state index in [0.29, 0.717) is 18.0 Å². The second-order valence-electron chi connectivity index (χ2n) is 7.02. The van der Waals surface area contributed by atoms with Crippen molar-refractivity contribution in [1.82, 2.24) is 20.2 Å². The lowest BCUT2D eigenvalue weighted by Gasteiger charge is -2.34. The van der Waals surface area contributed by atoms with Crippen LogP contribution >= 0.6 is 0 Å². The zero-order chi connectivity index (χ0) is 15.4. The minimum Gasteiger partial charge on any atom is -0.326 e. The molecule has 0 spiro atoms. The fourth-order valence-corrected chi connectivity index (χ4v) is 3.35. The van der Waals surface area contributed by atoms with Gasteiger partial charge in [0.2, 0.25) is 5.82 Å². The highest BCUT2D eigenvalue weighted by atomic mass is 15.6. The standard InChI is InChI=1S/C15H30N6/c1-6-19-7-9-20(10-8-19)14(11-12(2)3)15-16-17-18-21(15)13(4)5/h12-14H,6-11H2,1-5H3/p+2/t14-/m0/s1. The molecule has 2 heterocycles. The summed E-state index contributed by atoms with van der Waals surface area (Å²) in [5.74, 6) is 1.74. The van der Waals surface area contributed by atoms with Crippen LogP contribution in [0.2, 0.25) is 0 Å². The molecular formula is C15H32N6+2. The fraction of sp³-hybridized carbons (Fsp3) is 0.933. The first kappa shape index (κ1) is 16.4. The molecule has 0 aromatic carbocycles. The Morgan fingerprint density at radius 3 is 2.29 bits per heavy atom. The number of nitrogens with zero attached hydrogens (tertiary/aromatic N) is 4. The van der Waals surface area contributed by atoms with E-state index in [1.165, 1.54) is 32.7 Å². The van der Waals surface area contributed by atoms with Gasteiger partial charge in [0, 0.05) is 6.42 Å². The molecule has 6 nitrogen and oxygen atoms in total. The average Bonchev–Trinajstić information content (AvgIpc) is 2.94. The third-order valence-corrected chi connectivity index (χ3v) is 4.62. The van der Waals surface area contributed by atoms with Crippen molar-refractivity contribution < 1.29 is 9.80 Å². The van der Waals surface area contributed by atoms with Crippen molar-refractivity contribution in [3.63, 3.8) is 0 Å². The van der Waals surface area contributed by atoms with Crippen LogP contribution in [0.4, 0.5) is 0 Å². The SMILES string of the molecule is CC[NH+]1CC[NH+]([C@@H](CC(C)C)c2nnnn2C(C)C)CC1. The van der Waals surface area contributed by atoms with E-state index in [9.17, 15) is 0 Å². The molecule has 6 heteroatoms. The lowest BCUT2D eigenvalue weighted by Crippen LogP contribution is -3.28. The van der Waals surface area contributed by atoms with Gasteiger partial charge in [0.1, 0.15) is 26.2 Å². The molecule has 2 N–H and O–H groups in total. The summed E-state index contributed by atoms with van der Waals surface area (Å²) in [5.41, 5.74) is 0. The minimum absolute atomic E-state index is 0.326. The molecule has 0 bridgehead atoms. The second kappa shape index (κ2) is 7.31. The van der Waals surface area contributed by atoms with E-state index in [-0.39, 0.29) is 0 Å². The Morgan fingerprint density at radius 1 is 1.10 bits per heavy atom. The van der Waals surface area contributed by atoms with Gasteiger partial charge in [0.25, 0.3) is 0 Å². The third kappa shape index (κ3) is 4.01. The summed E-state index contributed by atoms with van der Waals surface area (Å²) in [5, 5.41) is 12.5. The molecule has 120 valence electrons. The molecule has 1 aliphatic rings. The Balaban J connectivity index is 2.16. The van der Waals surface area contributed by atoms with E-state index >= 15 is 0 Å². The Hall–Kier alpha value is -1.01. The molecule has 0 amide bonds. The van der Waals surface area contributed by atoms with Gasteiger partial charge >= 0.3 is 0 Å². The van der Waals surface area contributed by atoms with Crippen LogP contribution in [-0.2, 0) is 0 Å². The van der Waals surface area contributed by atoms with Crippen molar-refractivity contribution in [2.24, 2.45) is 5.92 Å². The molecule has 21 heavy (non-hydrogen) atoms. The van der Waals surface area contributed by atoms with Crippen molar-refractivity contribution in [2.45, 2.75) is 53.1 Å². The Bertz CT molecular complexity index is 420. The van der Waals surface area contributed by atoms with E-state index in [1.807, 2.05) is 4.68 Å². The van der Waals surface area contributed by atoms with E-state index in [2.05, 4.69) is 50.1 Å². The predicted molar refractivity (Wildman–Crippen MR) is 82.3 cm³/mol. The van der Waals surface area contributed by atoms with Crippen LogP contribution in [0.5, 0.6) is 0 Å². The third-order valence-electron chi connectivity index (χ3n) is 4.62. The normalized spacial score (nSPS) is 24.7. The number of quaternary nitrogens is 2. The van der Waals surface area contributed by atoms with Gasteiger partial charge in [-0.15, -0.1) is 5.10 Å². The second-order valence-corrected chi connectivity index (χ2v) is 7.02. The number of piperazine rings is 1. The number of rotatable bonds is 6. The van der Waals surface area contributed by atoms with Gasteiger partial charge in [-0.3, -0.25) is 0 Å². The zero-order valence-electron chi connectivity index (χ0n) is 14.3. The summed E-state index contributed by atoms with van der Waals surface area (Å²) in [6.07, 6.45) is 1.16. The summed E-state index contributed by atoms with van der Waals surface area (Å²) in [6.45, 7) is 17.4. The van der Waals surface area contributed by atoms with Gasteiger partial charge in [0.05, 0.1) is 12.6 Å². The Morgan fingerprint density at radius 2 is 1.76 bits per heavy atom. The molecule has 0 radical (unpaired) electrons. The summed E-state index contributed by atoms with van der Waals surface area (Å²) >= 11 is 0. The van der Waals surface area contributed by atoms with Crippen LogP contribution in [0, 0.1) is 5.92 Å². The van der Waals surface area contributed by atoms with Crippen LogP contribution in [0.15, 0.2) is 0 Å². The van der Waals surface area contributed by atoms with Crippen LogP contribution in [-0.4, -0.2) is 52.9 Å². The maximum Gasteiger partial charge on any atom is 0.209 e. The zero-order valence-corrected chi connectivity index (χ0v) is 14.3. The first-order chi connectivity index (χ1) is 10.0. The minimum atomic E-state index is 0.326. The van der Waals surface area contributed by atoms with Crippen LogP contribution in [0.25, 0.3) is 0 Å². The summed E-state index contributed by atoms with van der Waals surface area (Å²) in [4.78, 5) is 3.39. The molecule has 1 aliphatic heterocycles. The van der Waals surface area contributed by atoms with E-state index in [1.54, 1.807) is 9.80 Å². The maximum atomic E-state index is 4.38. The van der Waals surface area contributed by atoms with E-state index in [4.69, 9.17) is 0 Å². The molecular weight excluding hydrogens is 264 g/mol. The highest BCUT2D eigenvalue weighted by Crippen LogP contribution is 2.18. The number of tetrazole rings is 1. The van der Waals surface area contributed by atoms with Gasteiger partial charge in [-0.05, 0) is 37.1 Å². The molecule has 1 saturated heterocycles. The van der Waals surface area contributed by atoms with E-state index < -0.39 is 0 Å². The highest BCUT2D eigenvalue weighted by Gasteiger charge is 2.34. The Labute approximate surface area is 128 Å². The topological polar surface area (TPSA) is 52.5 Å². The van der Waals surface area contributed by atoms with Gasteiger partial charge < -0.3 is 9.80 Å². The summed E-state index contributed by atoms with van der Waals surface area (Å²) in [6, 6.07) is 0.757. The molecule has 0 aliphatic carbocycles. The molecule has 1 atom stereocenters. The van der Waals surface area contributed by atoms with Gasteiger partial charge in [-0.2, -0.15) is 0 Å².